The Morgan fingerprint density at radius 2 is 2.05 bits per heavy atom. The van der Waals surface area contributed by atoms with Gasteiger partial charge in [-0.3, -0.25) is 9.52 Å². The van der Waals surface area contributed by atoms with Crippen LogP contribution in [0.1, 0.15) is 5.56 Å². The third kappa shape index (κ3) is 3.14. The SMILES string of the molecule is O=c1ccc(NS(=O)(=O)c2ccc(CO)cn2)n[nH]1. The number of anilines is 1. The Kier molecular flexibility index (Phi) is 3.58. The van der Waals surface area contributed by atoms with Gasteiger partial charge in [-0.2, -0.15) is 13.5 Å². The van der Waals surface area contributed by atoms with Crippen LogP contribution >= 0.6 is 0 Å². The normalized spacial score (nSPS) is 11.2. The van der Waals surface area contributed by atoms with Crippen LogP contribution in [0.4, 0.5) is 5.82 Å². The van der Waals surface area contributed by atoms with Crippen molar-refractivity contribution in [1.29, 1.82) is 0 Å². The molecule has 0 aliphatic heterocycles. The summed E-state index contributed by atoms with van der Waals surface area (Å²) in [5.41, 5.74) is 0.0643. The second kappa shape index (κ2) is 5.16. The molecule has 0 amide bonds. The quantitative estimate of drug-likeness (QED) is 0.691. The second-order valence-electron chi connectivity index (χ2n) is 3.57. The molecule has 0 unspecified atom stereocenters. The molecular weight excluding hydrogens is 272 g/mol. The van der Waals surface area contributed by atoms with Crippen LogP contribution in [0.15, 0.2) is 40.3 Å². The molecule has 0 radical (unpaired) electrons. The Balaban J connectivity index is 2.26. The largest absolute Gasteiger partial charge is 0.392 e. The highest BCUT2D eigenvalue weighted by atomic mass is 32.2. The zero-order valence-corrected chi connectivity index (χ0v) is 10.4. The van der Waals surface area contributed by atoms with E-state index in [4.69, 9.17) is 5.11 Å². The first-order chi connectivity index (χ1) is 9.01. The molecular formula is C10H10N4O4S. The molecule has 19 heavy (non-hydrogen) atoms. The van der Waals surface area contributed by atoms with Crippen LogP contribution in [0.25, 0.3) is 0 Å². The molecule has 2 heterocycles. The Bertz CT molecular complexity index is 703. The van der Waals surface area contributed by atoms with Crippen molar-refractivity contribution < 1.29 is 13.5 Å². The second-order valence-corrected chi connectivity index (χ2v) is 5.20. The van der Waals surface area contributed by atoms with Crippen LogP contribution in [-0.4, -0.2) is 28.7 Å². The van der Waals surface area contributed by atoms with Gasteiger partial charge in [0.2, 0.25) is 0 Å². The number of aromatic amines is 1. The van der Waals surface area contributed by atoms with Gasteiger partial charge in [-0.05, 0) is 17.7 Å². The zero-order valence-electron chi connectivity index (χ0n) is 9.57. The average Bonchev–Trinajstić information content (AvgIpc) is 2.41. The number of sulfonamides is 1. The molecule has 2 aromatic heterocycles. The van der Waals surface area contributed by atoms with E-state index in [-0.39, 0.29) is 17.5 Å². The molecule has 2 rings (SSSR count). The van der Waals surface area contributed by atoms with E-state index in [1.54, 1.807) is 0 Å². The van der Waals surface area contributed by atoms with Gasteiger partial charge in [-0.25, -0.2) is 10.1 Å². The van der Waals surface area contributed by atoms with E-state index in [1.165, 1.54) is 24.4 Å². The Hall–Kier alpha value is -2.26. The molecule has 0 fully saturated rings. The number of aromatic nitrogens is 3. The lowest BCUT2D eigenvalue weighted by Crippen LogP contribution is -2.17. The summed E-state index contributed by atoms with van der Waals surface area (Å²) in [7, 11) is -3.88. The van der Waals surface area contributed by atoms with Gasteiger partial charge in [-0.1, -0.05) is 6.07 Å². The highest BCUT2D eigenvalue weighted by Gasteiger charge is 2.16. The number of hydrogen-bond donors (Lipinski definition) is 3. The van der Waals surface area contributed by atoms with Crippen molar-refractivity contribution in [2.45, 2.75) is 11.6 Å². The summed E-state index contributed by atoms with van der Waals surface area (Å²) in [5, 5.41) is 14.3. The standard InChI is InChI=1S/C10H10N4O4S/c15-6-7-1-4-10(11-5-7)19(17,18)14-8-2-3-9(16)13-12-8/h1-5,15H,6H2,(H,12,14)(H,13,16). The van der Waals surface area contributed by atoms with Crippen LogP contribution in [0.5, 0.6) is 0 Å². The maximum Gasteiger partial charge on any atom is 0.280 e. The lowest BCUT2D eigenvalue weighted by molar-refractivity contribution is 0.281. The van der Waals surface area contributed by atoms with Gasteiger partial charge < -0.3 is 5.11 Å². The fourth-order valence-corrected chi connectivity index (χ4v) is 2.19. The molecule has 0 atom stereocenters. The summed E-state index contributed by atoms with van der Waals surface area (Å²) >= 11 is 0. The number of aliphatic hydroxyl groups excluding tert-OH is 1. The molecule has 9 heteroatoms. The number of rotatable bonds is 4. The lowest BCUT2D eigenvalue weighted by atomic mass is 10.3. The molecule has 0 aliphatic carbocycles. The molecule has 0 spiro atoms. The highest BCUT2D eigenvalue weighted by molar-refractivity contribution is 7.92. The first-order valence-electron chi connectivity index (χ1n) is 5.15. The van der Waals surface area contributed by atoms with Gasteiger partial charge in [0.1, 0.15) is 0 Å². The maximum absolute atomic E-state index is 11.9. The number of pyridine rings is 1. The monoisotopic (exact) mass is 282 g/mol. The summed E-state index contributed by atoms with van der Waals surface area (Å²) in [5.74, 6) is -0.0207. The predicted octanol–water partition coefficient (Wildman–Crippen LogP) is -0.542. The van der Waals surface area contributed by atoms with E-state index < -0.39 is 15.6 Å². The highest BCUT2D eigenvalue weighted by Crippen LogP contribution is 2.11. The van der Waals surface area contributed by atoms with Gasteiger partial charge in [0.25, 0.3) is 15.6 Å². The first kappa shape index (κ1) is 13.2. The van der Waals surface area contributed by atoms with Crippen LogP contribution in [-0.2, 0) is 16.6 Å². The molecule has 0 saturated carbocycles. The summed E-state index contributed by atoms with van der Waals surface area (Å²) < 4.78 is 26.0. The van der Waals surface area contributed by atoms with Crippen molar-refractivity contribution in [2.24, 2.45) is 0 Å². The predicted molar refractivity (Wildman–Crippen MR) is 65.8 cm³/mol. The van der Waals surface area contributed by atoms with Gasteiger partial charge >= 0.3 is 0 Å². The minimum atomic E-state index is -3.88. The van der Waals surface area contributed by atoms with E-state index >= 15 is 0 Å². The average molecular weight is 282 g/mol. The molecule has 100 valence electrons. The Morgan fingerprint density at radius 3 is 2.58 bits per heavy atom. The summed E-state index contributed by atoms with van der Waals surface area (Å²) in [6.45, 7) is -0.220. The van der Waals surface area contributed by atoms with E-state index in [1.807, 2.05) is 0 Å². The van der Waals surface area contributed by atoms with E-state index in [9.17, 15) is 13.2 Å². The smallest absolute Gasteiger partial charge is 0.280 e. The van der Waals surface area contributed by atoms with E-state index in [2.05, 4.69) is 19.9 Å². The molecule has 0 bridgehead atoms. The number of aliphatic hydroxyl groups is 1. The summed E-state index contributed by atoms with van der Waals surface area (Å²) in [6.07, 6.45) is 1.26. The minimum Gasteiger partial charge on any atom is -0.392 e. The fraction of sp³-hybridized carbons (Fsp3) is 0.100. The number of hydrogen-bond acceptors (Lipinski definition) is 6. The fourth-order valence-electron chi connectivity index (χ4n) is 1.25. The maximum atomic E-state index is 11.9. The van der Waals surface area contributed by atoms with Gasteiger partial charge in [0, 0.05) is 12.3 Å². The number of nitrogens with zero attached hydrogens (tertiary/aromatic N) is 2. The van der Waals surface area contributed by atoms with Gasteiger partial charge in [-0.15, -0.1) is 0 Å². The van der Waals surface area contributed by atoms with Crippen molar-refractivity contribution in [3.05, 3.63) is 46.4 Å². The van der Waals surface area contributed by atoms with Crippen molar-refractivity contribution in [2.75, 3.05) is 4.72 Å². The first-order valence-corrected chi connectivity index (χ1v) is 6.64. The van der Waals surface area contributed by atoms with Crippen LogP contribution in [0.2, 0.25) is 0 Å². The topological polar surface area (TPSA) is 125 Å². The summed E-state index contributed by atoms with van der Waals surface area (Å²) in [6, 6.07) is 5.09. The summed E-state index contributed by atoms with van der Waals surface area (Å²) in [4.78, 5) is 14.5. The van der Waals surface area contributed by atoms with Crippen LogP contribution in [0.3, 0.4) is 0 Å². The Labute approximate surface area is 108 Å². The molecule has 0 aromatic carbocycles. The van der Waals surface area contributed by atoms with E-state index in [0.717, 1.165) is 6.07 Å². The minimum absolute atomic E-state index is 0.0207. The third-order valence-corrected chi connectivity index (χ3v) is 3.44. The number of nitrogens with one attached hydrogen (secondary N) is 2. The Morgan fingerprint density at radius 1 is 1.26 bits per heavy atom. The lowest BCUT2D eigenvalue weighted by Gasteiger charge is -2.06. The van der Waals surface area contributed by atoms with Crippen LogP contribution < -0.4 is 10.3 Å². The van der Waals surface area contributed by atoms with Crippen molar-refractivity contribution in [3.63, 3.8) is 0 Å². The van der Waals surface area contributed by atoms with Gasteiger partial charge in [0.05, 0.1) is 6.61 Å². The van der Waals surface area contributed by atoms with E-state index in [0.29, 0.717) is 5.56 Å². The van der Waals surface area contributed by atoms with Crippen LogP contribution in [0, 0.1) is 0 Å². The van der Waals surface area contributed by atoms with Crippen molar-refractivity contribution >= 4 is 15.8 Å². The zero-order chi connectivity index (χ0) is 13.9. The van der Waals surface area contributed by atoms with Gasteiger partial charge in [0.15, 0.2) is 10.8 Å². The molecule has 2 aromatic rings. The third-order valence-electron chi connectivity index (χ3n) is 2.17. The van der Waals surface area contributed by atoms with Crippen molar-refractivity contribution in [1.82, 2.24) is 15.2 Å². The molecule has 0 aliphatic rings. The van der Waals surface area contributed by atoms with Crippen molar-refractivity contribution in [3.8, 4) is 0 Å². The molecule has 0 saturated heterocycles. The number of H-pyrrole nitrogens is 1. The molecule has 8 nitrogen and oxygen atoms in total. The molecule has 3 N–H and O–H groups in total.